The molecule has 0 radical (unpaired) electrons. The first-order valence-corrected chi connectivity index (χ1v) is 5.65. The van der Waals surface area contributed by atoms with Gasteiger partial charge in [0, 0.05) is 23.1 Å². The van der Waals surface area contributed by atoms with Gasteiger partial charge in [-0.25, -0.2) is 4.39 Å². The van der Waals surface area contributed by atoms with E-state index in [0.29, 0.717) is 0 Å². The van der Waals surface area contributed by atoms with Crippen LogP contribution in [0.3, 0.4) is 0 Å². The van der Waals surface area contributed by atoms with Crippen molar-refractivity contribution in [3.63, 3.8) is 0 Å². The summed E-state index contributed by atoms with van der Waals surface area (Å²) < 4.78 is 13.0. The van der Waals surface area contributed by atoms with Crippen molar-refractivity contribution in [3.8, 4) is 0 Å². The molecule has 3 N–H and O–H groups in total. The van der Waals surface area contributed by atoms with Crippen LogP contribution in [0.15, 0.2) is 24.4 Å². The predicted octanol–water partition coefficient (Wildman–Crippen LogP) is 3.15. The highest BCUT2D eigenvalue weighted by Crippen LogP contribution is 2.28. The Morgan fingerprint density at radius 2 is 2.19 bits per heavy atom. The maximum Gasteiger partial charge on any atom is 0.125 e. The van der Waals surface area contributed by atoms with Crippen LogP contribution in [0.5, 0.6) is 0 Å². The molecule has 0 amide bonds. The number of aromatic amines is 1. The number of halogens is 1. The average molecular weight is 220 g/mol. The summed E-state index contributed by atoms with van der Waals surface area (Å²) in [6.45, 7) is 4.19. The molecule has 2 nitrogen and oxygen atoms in total. The SMILES string of the molecule is CC[C@H](N)[C@@H](C)c1c[nH]c2cc(F)ccc12. The molecule has 0 aliphatic carbocycles. The summed E-state index contributed by atoms with van der Waals surface area (Å²) in [5.41, 5.74) is 8.05. The van der Waals surface area contributed by atoms with Gasteiger partial charge in [0.15, 0.2) is 0 Å². The lowest BCUT2D eigenvalue weighted by Gasteiger charge is -2.17. The van der Waals surface area contributed by atoms with Crippen LogP contribution in [-0.2, 0) is 0 Å². The van der Waals surface area contributed by atoms with Gasteiger partial charge in [0.1, 0.15) is 5.82 Å². The molecule has 1 aromatic carbocycles. The van der Waals surface area contributed by atoms with Gasteiger partial charge in [-0.2, -0.15) is 0 Å². The summed E-state index contributed by atoms with van der Waals surface area (Å²) >= 11 is 0. The van der Waals surface area contributed by atoms with Crippen molar-refractivity contribution in [1.82, 2.24) is 4.98 Å². The molecule has 0 aliphatic heterocycles. The Kier molecular flexibility index (Phi) is 2.97. The Balaban J connectivity index is 2.45. The predicted molar refractivity (Wildman–Crippen MR) is 64.9 cm³/mol. The Labute approximate surface area is 94.7 Å². The van der Waals surface area contributed by atoms with E-state index in [1.165, 1.54) is 17.7 Å². The molecule has 0 fully saturated rings. The highest BCUT2D eigenvalue weighted by Gasteiger charge is 2.16. The van der Waals surface area contributed by atoms with Crippen molar-refractivity contribution in [2.45, 2.75) is 32.2 Å². The molecule has 3 heteroatoms. The topological polar surface area (TPSA) is 41.8 Å². The number of benzene rings is 1. The van der Waals surface area contributed by atoms with Gasteiger partial charge >= 0.3 is 0 Å². The molecule has 0 aliphatic rings. The van der Waals surface area contributed by atoms with Gasteiger partial charge in [0.05, 0.1) is 0 Å². The Hall–Kier alpha value is -1.35. The van der Waals surface area contributed by atoms with Crippen molar-refractivity contribution < 1.29 is 4.39 Å². The third-order valence-electron chi connectivity index (χ3n) is 3.28. The van der Waals surface area contributed by atoms with Crippen LogP contribution in [0.25, 0.3) is 10.9 Å². The van der Waals surface area contributed by atoms with Crippen LogP contribution < -0.4 is 5.73 Å². The van der Waals surface area contributed by atoms with Gasteiger partial charge in [0.25, 0.3) is 0 Å². The van der Waals surface area contributed by atoms with Crippen molar-refractivity contribution in [1.29, 1.82) is 0 Å². The third-order valence-corrected chi connectivity index (χ3v) is 3.28. The van der Waals surface area contributed by atoms with E-state index in [-0.39, 0.29) is 17.8 Å². The van der Waals surface area contributed by atoms with E-state index in [2.05, 4.69) is 18.8 Å². The number of hydrogen-bond acceptors (Lipinski definition) is 1. The highest BCUT2D eigenvalue weighted by atomic mass is 19.1. The summed E-state index contributed by atoms with van der Waals surface area (Å²) in [7, 11) is 0. The molecule has 86 valence electrons. The molecule has 0 unspecified atom stereocenters. The van der Waals surface area contributed by atoms with Gasteiger partial charge in [-0.1, -0.05) is 13.8 Å². The number of hydrogen-bond donors (Lipinski definition) is 2. The van der Waals surface area contributed by atoms with Gasteiger partial charge in [-0.05, 0) is 36.1 Å². The zero-order chi connectivity index (χ0) is 11.7. The van der Waals surface area contributed by atoms with E-state index in [9.17, 15) is 4.39 Å². The number of rotatable bonds is 3. The quantitative estimate of drug-likeness (QED) is 0.819. The van der Waals surface area contributed by atoms with Crippen LogP contribution in [0.4, 0.5) is 4.39 Å². The molecule has 2 aromatic rings. The molecule has 2 atom stereocenters. The van der Waals surface area contributed by atoms with E-state index in [1.807, 2.05) is 12.3 Å². The lowest BCUT2D eigenvalue weighted by molar-refractivity contribution is 0.554. The first-order valence-electron chi connectivity index (χ1n) is 5.65. The van der Waals surface area contributed by atoms with Crippen molar-refractivity contribution >= 4 is 10.9 Å². The van der Waals surface area contributed by atoms with Crippen LogP contribution in [-0.4, -0.2) is 11.0 Å². The third kappa shape index (κ3) is 1.83. The Morgan fingerprint density at radius 1 is 1.44 bits per heavy atom. The van der Waals surface area contributed by atoms with E-state index >= 15 is 0 Å². The molecule has 16 heavy (non-hydrogen) atoms. The van der Waals surface area contributed by atoms with Crippen LogP contribution in [0.1, 0.15) is 31.7 Å². The molecule has 0 saturated heterocycles. The summed E-state index contributed by atoms with van der Waals surface area (Å²) in [5, 5.41) is 1.07. The second kappa shape index (κ2) is 4.26. The fourth-order valence-corrected chi connectivity index (χ4v) is 2.08. The number of nitrogens with one attached hydrogen (secondary N) is 1. The minimum atomic E-state index is -0.214. The number of H-pyrrole nitrogens is 1. The van der Waals surface area contributed by atoms with E-state index in [1.54, 1.807) is 0 Å². The number of fused-ring (bicyclic) bond motifs is 1. The Morgan fingerprint density at radius 3 is 2.88 bits per heavy atom. The first-order chi connectivity index (χ1) is 7.63. The second-order valence-electron chi connectivity index (χ2n) is 4.29. The van der Waals surface area contributed by atoms with Gasteiger partial charge in [-0.15, -0.1) is 0 Å². The number of nitrogens with two attached hydrogens (primary N) is 1. The lowest BCUT2D eigenvalue weighted by Crippen LogP contribution is -2.25. The number of aromatic nitrogens is 1. The standard InChI is InChI=1S/C13H17FN2/c1-3-12(15)8(2)11-7-16-13-6-9(14)4-5-10(11)13/h4-8,12,16H,3,15H2,1-2H3/t8-,12-/m0/s1. The normalized spacial score (nSPS) is 15.2. The summed E-state index contributed by atoms with van der Waals surface area (Å²) in [4.78, 5) is 3.09. The van der Waals surface area contributed by atoms with Gasteiger partial charge in [0.2, 0.25) is 0 Å². The van der Waals surface area contributed by atoms with Gasteiger partial charge in [-0.3, -0.25) is 0 Å². The fourth-order valence-electron chi connectivity index (χ4n) is 2.08. The maximum absolute atomic E-state index is 13.0. The molecule has 0 saturated carbocycles. The van der Waals surface area contributed by atoms with Crippen LogP contribution >= 0.6 is 0 Å². The smallest absolute Gasteiger partial charge is 0.125 e. The molecular formula is C13H17FN2. The lowest BCUT2D eigenvalue weighted by atomic mass is 9.92. The van der Waals surface area contributed by atoms with E-state index in [0.717, 1.165) is 17.3 Å². The van der Waals surface area contributed by atoms with Crippen molar-refractivity contribution in [3.05, 3.63) is 35.8 Å². The molecule has 2 rings (SSSR count). The zero-order valence-corrected chi connectivity index (χ0v) is 9.63. The monoisotopic (exact) mass is 220 g/mol. The average Bonchev–Trinajstić information content (AvgIpc) is 2.69. The maximum atomic E-state index is 13.0. The highest BCUT2D eigenvalue weighted by molar-refractivity contribution is 5.83. The molecule has 0 spiro atoms. The molecular weight excluding hydrogens is 203 g/mol. The summed E-state index contributed by atoms with van der Waals surface area (Å²) in [6, 6.07) is 4.96. The molecule has 1 aromatic heterocycles. The molecule has 0 bridgehead atoms. The first kappa shape index (κ1) is 11.1. The minimum absolute atomic E-state index is 0.143. The van der Waals surface area contributed by atoms with Crippen molar-refractivity contribution in [2.24, 2.45) is 5.73 Å². The van der Waals surface area contributed by atoms with Gasteiger partial charge < -0.3 is 10.7 Å². The summed E-state index contributed by atoms with van der Waals surface area (Å²) in [6.07, 6.45) is 2.87. The summed E-state index contributed by atoms with van der Waals surface area (Å²) in [5.74, 6) is 0.0672. The zero-order valence-electron chi connectivity index (χ0n) is 9.63. The van der Waals surface area contributed by atoms with E-state index < -0.39 is 0 Å². The van der Waals surface area contributed by atoms with Crippen molar-refractivity contribution in [2.75, 3.05) is 0 Å². The molecule has 1 heterocycles. The second-order valence-corrected chi connectivity index (χ2v) is 4.29. The largest absolute Gasteiger partial charge is 0.361 e. The fraction of sp³-hybridized carbons (Fsp3) is 0.385. The minimum Gasteiger partial charge on any atom is -0.361 e. The van der Waals surface area contributed by atoms with E-state index in [4.69, 9.17) is 5.73 Å². The van der Waals surface area contributed by atoms with Crippen LogP contribution in [0.2, 0.25) is 0 Å². The Bertz CT molecular complexity index is 490. The van der Waals surface area contributed by atoms with Crippen LogP contribution in [0, 0.1) is 5.82 Å².